The van der Waals surface area contributed by atoms with Crippen molar-refractivity contribution >= 4 is 0 Å². The second-order valence-corrected chi connectivity index (χ2v) is 5.62. The highest BCUT2D eigenvalue weighted by atomic mass is 16.3. The SMILES string of the molecule is CCCNC(c1ccoc1)c1c(C)c(C)cc(C)c1C. The highest BCUT2D eigenvalue weighted by Gasteiger charge is 2.20. The average molecular weight is 271 g/mol. The van der Waals surface area contributed by atoms with Crippen molar-refractivity contribution in [1.29, 1.82) is 0 Å². The van der Waals surface area contributed by atoms with Crippen LogP contribution in [0.15, 0.2) is 29.1 Å². The lowest BCUT2D eigenvalue weighted by Gasteiger charge is -2.24. The minimum atomic E-state index is 0.215. The summed E-state index contributed by atoms with van der Waals surface area (Å²) in [6, 6.07) is 4.55. The first-order chi connectivity index (χ1) is 9.56. The van der Waals surface area contributed by atoms with Crippen molar-refractivity contribution in [1.82, 2.24) is 5.32 Å². The Morgan fingerprint density at radius 3 is 2.25 bits per heavy atom. The minimum absolute atomic E-state index is 0.215. The predicted molar refractivity (Wildman–Crippen MR) is 84.2 cm³/mol. The Kier molecular flexibility index (Phi) is 4.66. The first-order valence-corrected chi connectivity index (χ1v) is 7.39. The molecule has 1 N–H and O–H groups in total. The summed E-state index contributed by atoms with van der Waals surface area (Å²) < 4.78 is 5.30. The molecule has 20 heavy (non-hydrogen) atoms. The fourth-order valence-corrected chi connectivity index (χ4v) is 2.79. The monoisotopic (exact) mass is 271 g/mol. The van der Waals surface area contributed by atoms with Gasteiger partial charge < -0.3 is 9.73 Å². The Bertz CT molecular complexity index is 543. The number of rotatable bonds is 5. The van der Waals surface area contributed by atoms with Gasteiger partial charge in [0, 0.05) is 5.56 Å². The van der Waals surface area contributed by atoms with E-state index in [1.54, 1.807) is 6.26 Å². The standard InChI is InChI=1S/C18H25NO/c1-6-8-19-18(16-7-9-20-11-16)17-14(4)12(2)10-13(3)15(17)5/h7,9-11,18-19H,6,8H2,1-5H3. The van der Waals surface area contributed by atoms with Crippen molar-refractivity contribution in [3.8, 4) is 0 Å². The summed E-state index contributed by atoms with van der Waals surface area (Å²) >= 11 is 0. The maximum absolute atomic E-state index is 5.30. The van der Waals surface area contributed by atoms with Crippen LogP contribution < -0.4 is 5.32 Å². The van der Waals surface area contributed by atoms with E-state index in [4.69, 9.17) is 4.42 Å². The molecule has 2 aromatic rings. The minimum Gasteiger partial charge on any atom is -0.472 e. The van der Waals surface area contributed by atoms with Gasteiger partial charge in [-0.2, -0.15) is 0 Å². The zero-order valence-corrected chi connectivity index (χ0v) is 13.2. The van der Waals surface area contributed by atoms with Gasteiger partial charge >= 0.3 is 0 Å². The van der Waals surface area contributed by atoms with Gasteiger partial charge in [0.25, 0.3) is 0 Å². The largest absolute Gasteiger partial charge is 0.472 e. The molecule has 0 fully saturated rings. The third-order valence-electron chi connectivity index (χ3n) is 4.19. The smallest absolute Gasteiger partial charge is 0.0953 e. The molecule has 2 nitrogen and oxygen atoms in total. The Morgan fingerprint density at radius 1 is 1.10 bits per heavy atom. The number of hydrogen-bond acceptors (Lipinski definition) is 2. The Morgan fingerprint density at radius 2 is 1.75 bits per heavy atom. The van der Waals surface area contributed by atoms with Crippen LogP contribution >= 0.6 is 0 Å². The summed E-state index contributed by atoms with van der Waals surface area (Å²) in [7, 11) is 0. The van der Waals surface area contributed by atoms with E-state index in [1.807, 2.05) is 6.26 Å². The molecule has 0 saturated carbocycles. The van der Waals surface area contributed by atoms with E-state index in [2.05, 4.69) is 52.1 Å². The van der Waals surface area contributed by atoms with Gasteiger partial charge in [0.2, 0.25) is 0 Å². The Hall–Kier alpha value is -1.54. The Labute approximate surface area is 122 Å². The van der Waals surface area contributed by atoms with Crippen molar-refractivity contribution in [3.05, 3.63) is 58.0 Å². The number of hydrogen-bond donors (Lipinski definition) is 1. The third kappa shape index (κ3) is 2.80. The van der Waals surface area contributed by atoms with Crippen LogP contribution in [0.4, 0.5) is 0 Å². The second-order valence-electron chi connectivity index (χ2n) is 5.62. The topological polar surface area (TPSA) is 25.2 Å². The van der Waals surface area contributed by atoms with Crippen molar-refractivity contribution in [3.63, 3.8) is 0 Å². The fraction of sp³-hybridized carbons (Fsp3) is 0.444. The first-order valence-electron chi connectivity index (χ1n) is 7.39. The molecular formula is C18H25NO. The number of nitrogens with one attached hydrogen (secondary N) is 1. The van der Waals surface area contributed by atoms with Crippen LogP contribution in [0.1, 0.15) is 52.8 Å². The number of furan rings is 1. The van der Waals surface area contributed by atoms with Crippen LogP contribution in [0.25, 0.3) is 0 Å². The van der Waals surface area contributed by atoms with Crippen molar-refractivity contribution in [2.45, 2.75) is 47.1 Å². The van der Waals surface area contributed by atoms with Gasteiger partial charge in [-0.1, -0.05) is 13.0 Å². The van der Waals surface area contributed by atoms with Crippen molar-refractivity contribution < 1.29 is 4.42 Å². The van der Waals surface area contributed by atoms with Gasteiger partial charge in [-0.3, -0.25) is 0 Å². The molecule has 2 heteroatoms. The Balaban J connectivity index is 2.54. The third-order valence-corrected chi connectivity index (χ3v) is 4.19. The van der Waals surface area contributed by atoms with Gasteiger partial charge in [0.05, 0.1) is 18.6 Å². The number of benzene rings is 1. The van der Waals surface area contributed by atoms with Crippen LogP contribution in [0, 0.1) is 27.7 Å². The lowest BCUT2D eigenvalue weighted by molar-refractivity contribution is 0.547. The van der Waals surface area contributed by atoms with Crippen LogP contribution in [0.2, 0.25) is 0 Å². The normalized spacial score (nSPS) is 12.7. The highest BCUT2D eigenvalue weighted by molar-refractivity contribution is 5.48. The van der Waals surface area contributed by atoms with Gasteiger partial charge in [-0.15, -0.1) is 0 Å². The molecule has 0 amide bonds. The molecular weight excluding hydrogens is 246 g/mol. The molecule has 0 aliphatic heterocycles. The summed E-state index contributed by atoms with van der Waals surface area (Å²) in [6.07, 6.45) is 4.73. The summed E-state index contributed by atoms with van der Waals surface area (Å²) in [5.41, 5.74) is 8.07. The van der Waals surface area contributed by atoms with E-state index in [1.165, 1.54) is 33.4 Å². The summed E-state index contributed by atoms with van der Waals surface area (Å²) in [6.45, 7) is 12.0. The van der Waals surface area contributed by atoms with E-state index < -0.39 is 0 Å². The predicted octanol–water partition coefficient (Wildman–Crippen LogP) is 4.60. The molecule has 1 heterocycles. The molecule has 1 atom stereocenters. The molecule has 1 aromatic heterocycles. The first kappa shape index (κ1) is 14.9. The van der Waals surface area contributed by atoms with Gasteiger partial charge in [0.15, 0.2) is 0 Å². The van der Waals surface area contributed by atoms with E-state index >= 15 is 0 Å². The van der Waals surface area contributed by atoms with Gasteiger partial charge in [-0.05, 0) is 74.5 Å². The fourth-order valence-electron chi connectivity index (χ4n) is 2.79. The van der Waals surface area contributed by atoms with Gasteiger partial charge in [-0.25, -0.2) is 0 Å². The average Bonchev–Trinajstić information content (AvgIpc) is 2.94. The summed E-state index contributed by atoms with van der Waals surface area (Å²) in [5.74, 6) is 0. The van der Waals surface area contributed by atoms with Crippen LogP contribution in [-0.2, 0) is 0 Å². The van der Waals surface area contributed by atoms with E-state index in [0.717, 1.165) is 13.0 Å². The summed E-state index contributed by atoms with van der Waals surface area (Å²) in [5, 5.41) is 3.66. The van der Waals surface area contributed by atoms with Crippen molar-refractivity contribution in [2.75, 3.05) is 6.54 Å². The molecule has 0 aliphatic rings. The molecule has 0 aliphatic carbocycles. The van der Waals surface area contributed by atoms with E-state index in [9.17, 15) is 0 Å². The molecule has 1 aromatic carbocycles. The van der Waals surface area contributed by atoms with Crippen LogP contribution in [0.5, 0.6) is 0 Å². The quantitative estimate of drug-likeness (QED) is 0.859. The zero-order valence-electron chi connectivity index (χ0n) is 13.2. The second kappa shape index (κ2) is 6.27. The van der Waals surface area contributed by atoms with Crippen molar-refractivity contribution in [2.24, 2.45) is 0 Å². The maximum atomic E-state index is 5.30. The molecule has 2 rings (SSSR count). The number of aryl methyl sites for hydroxylation is 2. The van der Waals surface area contributed by atoms with E-state index in [0.29, 0.717) is 0 Å². The zero-order chi connectivity index (χ0) is 14.7. The lowest BCUT2D eigenvalue weighted by Crippen LogP contribution is -2.25. The molecule has 108 valence electrons. The molecule has 0 spiro atoms. The summed E-state index contributed by atoms with van der Waals surface area (Å²) in [4.78, 5) is 0. The molecule has 0 radical (unpaired) electrons. The molecule has 1 unspecified atom stereocenters. The maximum Gasteiger partial charge on any atom is 0.0953 e. The van der Waals surface area contributed by atoms with Crippen LogP contribution in [-0.4, -0.2) is 6.54 Å². The molecule has 0 bridgehead atoms. The molecule has 0 saturated heterocycles. The lowest BCUT2D eigenvalue weighted by atomic mass is 9.87. The highest BCUT2D eigenvalue weighted by Crippen LogP contribution is 2.31. The van der Waals surface area contributed by atoms with E-state index in [-0.39, 0.29) is 6.04 Å². The van der Waals surface area contributed by atoms with Gasteiger partial charge in [0.1, 0.15) is 0 Å². The van der Waals surface area contributed by atoms with Crippen LogP contribution in [0.3, 0.4) is 0 Å².